The molecule has 144 heavy (non-hydrogen) atoms. The Kier molecular flexibility index (Phi) is 23.0. The van der Waals surface area contributed by atoms with Crippen LogP contribution in [0, 0.1) is 48.5 Å². The maximum absolute atomic E-state index is 4.85. The van der Waals surface area contributed by atoms with Crippen LogP contribution in [0.3, 0.4) is 0 Å². The first-order valence-corrected chi connectivity index (χ1v) is 51.9. The molecule has 6 aliphatic rings. The molecule has 1 atom stereocenters. The lowest BCUT2D eigenvalue weighted by molar-refractivity contribution is -0.744. The van der Waals surface area contributed by atoms with E-state index in [4.69, 9.17) is 4.98 Å². The van der Waals surface area contributed by atoms with Gasteiger partial charge in [0.1, 0.15) is 28.9 Å². The molecule has 14 aromatic carbocycles. The largest absolute Gasteiger partial charge is 0.359 e. The minimum Gasteiger partial charge on any atom is -0.359 e. The first kappa shape index (κ1) is 95.9. The highest BCUT2D eigenvalue weighted by Gasteiger charge is 2.53. The lowest BCUT2D eigenvalue weighted by atomic mass is 9.54. The van der Waals surface area contributed by atoms with Crippen molar-refractivity contribution in [2.75, 3.05) is 11.9 Å². The van der Waals surface area contributed by atoms with Gasteiger partial charge in [0, 0.05) is 76.7 Å². The number of rotatable bonds is 5. The highest BCUT2D eigenvalue weighted by Crippen LogP contribution is 2.62. The molecule has 19 aromatic rings. The predicted octanol–water partition coefficient (Wildman–Crippen LogP) is 29.5. The van der Waals surface area contributed by atoms with Crippen molar-refractivity contribution in [2.24, 2.45) is 28.2 Å². The molecule has 0 radical (unpaired) electrons. The third-order valence-electron chi connectivity index (χ3n) is 36.6. The van der Waals surface area contributed by atoms with Crippen molar-refractivity contribution >= 4 is 59.7 Å². The molecule has 0 unspecified atom stereocenters. The quantitative estimate of drug-likeness (QED) is 0.161. The lowest BCUT2D eigenvalue weighted by Gasteiger charge is -2.49. The molecule has 726 valence electrons. The zero-order valence-electron chi connectivity index (χ0n) is 90.4. The second-order valence-corrected chi connectivity index (χ2v) is 46.6. The number of nitrogens with zero attached hydrogens (tertiary/aromatic N) is 11. The van der Waals surface area contributed by atoms with Crippen molar-refractivity contribution in [3.8, 4) is 78.4 Å². The van der Waals surface area contributed by atoms with Crippen molar-refractivity contribution in [3.63, 3.8) is 0 Å². The van der Waals surface area contributed by atoms with E-state index in [-0.39, 0.29) is 43.3 Å². The van der Waals surface area contributed by atoms with Crippen molar-refractivity contribution in [1.29, 1.82) is 0 Å². The van der Waals surface area contributed by atoms with Gasteiger partial charge in [-0.3, -0.25) is 4.98 Å². The molecule has 0 bridgehead atoms. The normalized spacial score (nSPS) is 16.8. The first-order chi connectivity index (χ1) is 68.3. The molecule has 5 aliphatic carbocycles. The Hall–Kier alpha value is -14.3. The van der Waals surface area contributed by atoms with Crippen LogP contribution in [0.15, 0.2) is 311 Å². The van der Waals surface area contributed by atoms with Gasteiger partial charge in [-0.15, -0.1) is 37.5 Å². The predicted molar refractivity (Wildman–Crippen MR) is 600 cm³/mol. The second kappa shape index (κ2) is 34.5. The number of pyridine rings is 1. The van der Waals surface area contributed by atoms with Gasteiger partial charge in [0.05, 0.1) is 30.3 Å². The van der Waals surface area contributed by atoms with Crippen LogP contribution >= 0.6 is 0 Å². The number of hydrogen-bond acceptors (Lipinski definition) is 3. The summed E-state index contributed by atoms with van der Waals surface area (Å²) in [7, 11) is 10.5. The molecule has 5 aromatic heterocycles. The van der Waals surface area contributed by atoms with Crippen molar-refractivity contribution in [3.05, 3.63) is 405 Å². The van der Waals surface area contributed by atoms with E-state index in [1.807, 2.05) is 0 Å². The van der Waals surface area contributed by atoms with Crippen LogP contribution < -0.4 is 23.6 Å². The SMILES string of the molecule is Cc1cc2c(cc1-n1ccc[n+]1C)-c1c(ccc3ccccc13)C(C)(C)C2(C)C.Cc1ccc2c(c1-n1ccc[n+]1C)C(C)(C)C(C)(C)c1c-2ccc2ccccc12.Cc1ccc2c(c1-n1ccc[n+]1C)CCc1cc3ccccc3cc1-2.Cc1ccc2c3c(ccc2c1)-c1cc(-n2ccc[n+]2C)c(C)cc1C(C)(C)C3(C)C.Cc1ccc2cc3c(cc2n1)-c1cc(N2C=CN(C)[C@@H]2C)c(C)cc1C(C)(C)C3(C)C. The topological polar surface area (TPSA) is 54.6 Å². The van der Waals surface area contributed by atoms with Crippen LogP contribution in [-0.4, -0.2) is 41.8 Å². The summed E-state index contributed by atoms with van der Waals surface area (Å²) in [5, 5.41) is 12.0. The van der Waals surface area contributed by atoms with Gasteiger partial charge in [0.2, 0.25) is 0 Å². The lowest BCUT2D eigenvalue weighted by Crippen LogP contribution is -2.46. The summed E-state index contributed by atoms with van der Waals surface area (Å²) in [4.78, 5) is 9.48. The highest BCUT2D eigenvalue weighted by molar-refractivity contribution is 6.03. The Labute approximate surface area is 853 Å². The van der Waals surface area contributed by atoms with Crippen LogP contribution in [0.2, 0.25) is 0 Å². The Morgan fingerprint density at radius 3 is 1.28 bits per heavy atom. The van der Waals surface area contributed by atoms with Crippen LogP contribution in [-0.2, 0) is 84.4 Å². The standard InChI is InChI=1S/C28H33N3.C28H31N2.2C27H29N2.C23H21N2/c1-17-13-23-22(16-26(17)31-12-11-30(8)19(31)3)21-15-25-20(10-9-18(2)29-25)14-24(21)28(6,7)27(23,4)5;1-18-9-11-21-20(15-18)10-12-22-23-17-25(30-14-8-13-29(30)7)19(2)16-24(23)27(3,4)28(5,6)26(21)22;1-18-12-14-22-21-15-13-19-10-7-8-11-20(19)23(21)26(2,3)27(4,5)24(22)25(18)29-17-9-16-28(29)6;1-18-16-23-21(17-24(18)29-15-9-14-28(29)6)25-20-11-8-7-10-19(20)12-13-22(25)26(2,3)27(23,4)5;1-16-8-10-20-21(23(16)25-13-5-12-24(25)2)11-9-19-14-17-6-3-4-7-18(17)15-22(19)20/h9-16,19H,1-8H3;8-17H,1-7H3;2*7-17H,1-6H3;3-8,10,12-15H,9,11H2,1-2H3/q;4*+1/t19-;;;;/m0..../s1. The van der Waals surface area contributed by atoms with Crippen molar-refractivity contribution < 1.29 is 18.7 Å². The van der Waals surface area contributed by atoms with E-state index >= 15 is 0 Å². The molecule has 6 heterocycles. The molecule has 0 spiro atoms. The highest BCUT2D eigenvalue weighted by atomic mass is 15.4. The van der Waals surface area contributed by atoms with Gasteiger partial charge in [0.15, 0.2) is 53.0 Å². The number of hydrogen-bond donors (Lipinski definition) is 0. The van der Waals surface area contributed by atoms with Gasteiger partial charge >= 0.3 is 0 Å². The molecule has 11 nitrogen and oxygen atoms in total. The van der Waals surface area contributed by atoms with E-state index in [1.165, 1.54) is 222 Å². The fourth-order valence-electron chi connectivity index (χ4n) is 25.3. The number of benzene rings is 14. The summed E-state index contributed by atoms with van der Waals surface area (Å²) in [5.74, 6) is 0. The van der Waals surface area contributed by atoms with E-state index in [0.29, 0.717) is 6.17 Å². The van der Waals surface area contributed by atoms with Gasteiger partial charge in [-0.25, -0.2) is 0 Å². The summed E-state index contributed by atoms with van der Waals surface area (Å²) in [6.07, 6.45) is 23.9. The fourth-order valence-corrected chi connectivity index (χ4v) is 25.3. The van der Waals surface area contributed by atoms with E-state index in [9.17, 15) is 0 Å². The van der Waals surface area contributed by atoms with Crippen LogP contribution in [0.25, 0.3) is 132 Å². The maximum Gasteiger partial charge on any atom is 0.195 e. The molecular weight excluding hydrogens is 1750 g/mol. The van der Waals surface area contributed by atoms with Crippen LogP contribution in [0.4, 0.5) is 5.69 Å². The minimum atomic E-state index is -0.0436. The summed E-state index contributed by atoms with van der Waals surface area (Å²) in [6.45, 7) is 56.2. The molecular formula is C133H143N11+4. The van der Waals surface area contributed by atoms with Gasteiger partial charge < -0.3 is 9.80 Å². The van der Waals surface area contributed by atoms with Crippen molar-refractivity contribution in [2.45, 2.75) is 228 Å². The molecule has 0 saturated heterocycles. The average molecular weight is 1900 g/mol. The van der Waals surface area contributed by atoms with Gasteiger partial charge in [-0.2, -0.15) is 0 Å². The second-order valence-electron chi connectivity index (χ2n) is 46.6. The van der Waals surface area contributed by atoms with E-state index in [0.717, 1.165) is 24.1 Å². The molecule has 0 saturated carbocycles. The van der Waals surface area contributed by atoms with Gasteiger partial charge in [-0.1, -0.05) is 298 Å². The van der Waals surface area contributed by atoms with Gasteiger partial charge in [-0.05, 0) is 320 Å². The van der Waals surface area contributed by atoms with E-state index in [2.05, 4.69) is 559 Å². The number of aryl methyl sites for hydroxylation is 12. The molecule has 0 N–H and O–H groups in total. The van der Waals surface area contributed by atoms with E-state index in [1.54, 1.807) is 0 Å². The zero-order valence-corrected chi connectivity index (χ0v) is 90.4. The average Bonchev–Trinajstić information content (AvgIpc) is 0.850. The van der Waals surface area contributed by atoms with Gasteiger partial charge in [0.25, 0.3) is 0 Å². The van der Waals surface area contributed by atoms with E-state index < -0.39 is 0 Å². The Morgan fingerprint density at radius 2 is 0.708 bits per heavy atom. The fraction of sp³-hybridized carbons (Fsp3) is 0.301. The minimum absolute atomic E-state index is 0.00340. The van der Waals surface area contributed by atoms with Crippen LogP contribution in [0.1, 0.15) is 212 Å². The third kappa shape index (κ3) is 14.8. The Balaban J connectivity index is 0.000000106. The third-order valence-corrected chi connectivity index (χ3v) is 36.6. The van der Waals surface area contributed by atoms with Crippen molar-refractivity contribution in [1.82, 2.24) is 28.6 Å². The molecule has 25 rings (SSSR count). The molecule has 0 amide bonds. The Morgan fingerprint density at radius 1 is 0.292 bits per heavy atom. The molecule has 11 heteroatoms. The summed E-state index contributed by atoms with van der Waals surface area (Å²) < 4.78 is 17.6. The summed E-state index contributed by atoms with van der Waals surface area (Å²) in [5.41, 5.74) is 44.7. The zero-order chi connectivity index (χ0) is 102. The number of fused-ring (bicyclic) bond motifs is 23. The van der Waals surface area contributed by atoms with Crippen LogP contribution in [0.5, 0.6) is 0 Å². The smallest absolute Gasteiger partial charge is 0.195 e. The Bertz CT molecular complexity index is 8520. The first-order valence-electron chi connectivity index (χ1n) is 51.9. The summed E-state index contributed by atoms with van der Waals surface area (Å²) >= 11 is 0. The number of aromatic nitrogens is 9. The molecule has 1 aliphatic heterocycles. The number of anilines is 1. The summed E-state index contributed by atoms with van der Waals surface area (Å²) in [6, 6.07) is 93.0. The monoisotopic (exact) mass is 1890 g/mol. The molecule has 0 fully saturated rings. The maximum atomic E-state index is 4.85.